The standard InChI is InChI=1S/C15H27NO2/c1-2-4-13(5-3-1)16-14-6-9-18-15(12-14)7-10-17-11-8-15/h13-14,16H,1-12H2. The van der Waals surface area contributed by atoms with Gasteiger partial charge in [-0.3, -0.25) is 0 Å². The highest BCUT2D eigenvalue weighted by Gasteiger charge is 2.39. The predicted molar refractivity (Wildman–Crippen MR) is 71.8 cm³/mol. The molecule has 18 heavy (non-hydrogen) atoms. The zero-order chi connectivity index (χ0) is 12.3. The molecule has 0 bridgehead atoms. The molecular formula is C15H27NO2. The van der Waals surface area contributed by atoms with Crippen LogP contribution in [0, 0.1) is 0 Å². The number of nitrogens with one attached hydrogen (secondary N) is 1. The van der Waals surface area contributed by atoms with Gasteiger partial charge < -0.3 is 14.8 Å². The van der Waals surface area contributed by atoms with E-state index in [-0.39, 0.29) is 5.60 Å². The normalized spacial score (nSPS) is 33.7. The zero-order valence-corrected chi connectivity index (χ0v) is 11.5. The van der Waals surface area contributed by atoms with Crippen molar-refractivity contribution in [3.8, 4) is 0 Å². The molecule has 1 N–H and O–H groups in total. The van der Waals surface area contributed by atoms with Gasteiger partial charge >= 0.3 is 0 Å². The topological polar surface area (TPSA) is 30.5 Å². The van der Waals surface area contributed by atoms with Gasteiger partial charge in [0.05, 0.1) is 5.60 Å². The number of hydrogen-bond donors (Lipinski definition) is 1. The Morgan fingerprint density at radius 2 is 1.61 bits per heavy atom. The highest BCUT2D eigenvalue weighted by molar-refractivity contribution is 4.92. The molecule has 0 aromatic rings. The Hall–Kier alpha value is -0.120. The largest absolute Gasteiger partial charge is 0.381 e. The van der Waals surface area contributed by atoms with Crippen molar-refractivity contribution >= 4 is 0 Å². The van der Waals surface area contributed by atoms with Crippen LogP contribution in [0.2, 0.25) is 0 Å². The summed E-state index contributed by atoms with van der Waals surface area (Å²) in [4.78, 5) is 0. The van der Waals surface area contributed by atoms with E-state index in [1.807, 2.05) is 0 Å². The van der Waals surface area contributed by atoms with Gasteiger partial charge in [0, 0.05) is 31.9 Å². The van der Waals surface area contributed by atoms with E-state index < -0.39 is 0 Å². The molecule has 2 saturated heterocycles. The van der Waals surface area contributed by atoms with Gasteiger partial charge in [-0.1, -0.05) is 19.3 Å². The Balaban J connectivity index is 1.52. The van der Waals surface area contributed by atoms with E-state index in [2.05, 4.69) is 5.32 Å². The third-order valence-electron chi connectivity index (χ3n) is 4.97. The Kier molecular flexibility index (Phi) is 4.22. The van der Waals surface area contributed by atoms with Crippen LogP contribution in [0.25, 0.3) is 0 Å². The van der Waals surface area contributed by atoms with Crippen LogP contribution >= 0.6 is 0 Å². The molecule has 3 heteroatoms. The first-order chi connectivity index (χ1) is 8.86. The minimum Gasteiger partial charge on any atom is -0.381 e. The monoisotopic (exact) mass is 253 g/mol. The van der Waals surface area contributed by atoms with Gasteiger partial charge in [0.25, 0.3) is 0 Å². The first-order valence-corrected chi connectivity index (χ1v) is 7.84. The highest BCUT2D eigenvalue weighted by Crippen LogP contribution is 2.34. The second-order valence-electron chi connectivity index (χ2n) is 6.34. The molecule has 0 aromatic carbocycles. The summed E-state index contributed by atoms with van der Waals surface area (Å²) in [5, 5.41) is 3.91. The number of rotatable bonds is 2. The van der Waals surface area contributed by atoms with E-state index >= 15 is 0 Å². The third kappa shape index (κ3) is 3.06. The van der Waals surface area contributed by atoms with Crippen LogP contribution < -0.4 is 5.32 Å². The van der Waals surface area contributed by atoms with Gasteiger partial charge in [-0.25, -0.2) is 0 Å². The van der Waals surface area contributed by atoms with Crippen LogP contribution in [0.3, 0.4) is 0 Å². The van der Waals surface area contributed by atoms with Crippen molar-refractivity contribution in [2.45, 2.75) is 75.5 Å². The molecule has 0 amide bonds. The fraction of sp³-hybridized carbons (Fsp3) is 1.00. The lowest BCUT2D eigenvalue weighted by atomic mass is 9.83. The average Bonchev–Trinajstić information content (AvgIpc) is 2.41. The average molecular weight is 253 g/mol. The van der Waals surface area contributed by atoms with Crippen molar-refractivity contribution in [3.63, 3.8) is 0 Å². The third-order valence-corrected chi connectivity index (χ3v) is 4.97. The molecule has 3 fully saturated rings. The summed E-state index contributed by atoms with van der Waals surface area (Å²) in [6.07, 6.45) is 11.6. The molecule has 3 nitrogen and oxygen atoms in total. The minimum absolute atomic E-state index is 0.142. The summed E-state index contributed by atoms with van der Waals surface area (Å²) in [6.45, 7) is 2.71. The van der Waals surface area contributed by atoms with Crippen LogP contribution in [-0.2, 0) is 9.47 Å². The second kappa shape index (κ2) is 5.89. The van der Waals surface area contributed by atoms with Gasteiger partial charge in [0.2, 0.25) is 0 Å². The van der Waals surface area contributed by atoms with Crippen molar-refractivity contribution in [1.82, 2.24) is 5.32 Å². The molecule has 0 radical (unpaired) electrons. The Bertz CT molecular complexity index is 252. The molecule has 104 valence electrons. The van der Waals surface area contributed by atoms with Crippen molar-refractivity contribution in [2.75, 3.05) is 19.8 Å². The van der Waals surface area contributed by atoms with E-state index in [4.69, 9.17) is 9.47 Å². The number of hydrogen-bond acceptors (Lipinski definition) is 3. The molecular weight excluding hydrogens is 226 g/mol. The molecule has 1 saturated carbocycles. The maximum atomic E-state index is 6.11. The van der Waals surface area contributed by atoms with E-state index in [0.717, 1.165) is 38.7 Å². The molecule has 1 spiro atoms. The fourth-order valence-electron chi connectivity index (χ4n) is 3.86. The van der Waals surface area contributed by atoms with Gasteiger partial charge in [0.1, 0.15) is 0 Å². The van der Waals surface area contributed by atoms with E-state index in [1.54, 1.807) is 0 Å². The highest BCUT2D eigenvalue weighted by atomic mass is 16.5. The maximum absolute atomic E-state index is 6.11. The van der Waals surface area contributed by atoms with Crippen LogP contribution in [-0.4, -0.2) is 37.5 Å². The van der Waals surface area contributed by atoms with E-state index in [9.17, 15) is 0 Å². The van der Waals surface area contributed by atoms with Gasteiger partial charge in [-0.05, 0) is 38.5 Å². The SMILES string of the molecule is C1CCC(NC2CCOC3(CCOCC3)C2)CC1. The molecule has 2 aliphatic heterocycles. The Morgan fingerprint density at radius 3 is 2.39 bits per heavy atom. The Labute approximate surface area is 111 Å². The number of ether oxygens (including phenoxy) is 2. The van der Waals surface area contributed by atoms with Crippen LogP contribution in [0.5, 0.6) is 0 Å². The summed E-state index contributed by atoms with van der Waals surface area (Å²) in [7, 11) is 0. The first-order valence-electron chi connectivity index (χ1n) is 7.84. The molecule has 0 aromatic heterocycles. The lowest BCUT2D eigenvalue weighted by molar-refractivity contribution is -0.141. The van der Waals surface area contributed by atoms with E-state index in [0.29, 0.717) is 6.04 Å². The Morgan fingerprint density at radius 1 is 0.833 bits per heavy atom. The lowest BCUT2D eigenvalue weighted by Crippen LogP contribution is -2.52. The van der Waals surface area contributed by atoms with Gasteiger partial charge in [-0.2, -0.15) is 0 Å². The lowest BCUT2D eigenvalue weighted by Gasteiger charge is -2.44. The van der Waals surface area contributed by atoms with Crippen molar-refractivity contribution in [3.05, 3.63) is 0 Å². The summed E-state index contributed by atoms with van der Waals surface area (Å²) in [5.74, 6) is 0. The first kappa shape index (κ1) is 12.9. The predicted octanol–water partition coefficient (Wildman–Crippen LogP) is 2.64. The van der Waals surface area contributed by atoms with Crippen molar-refractivity contribution < 1.29 is 9.47 Å². The zero-order valence-electron chi connectivity index (χ0n) is 11.5. The minimum atomic E-state index is 0.142. The van der Waals surface area contributed by atoms with Crippen LogP contribution in [0.1, 0.15) is 57.8 Å². The molecule has 3 aliphatic rings. The summed E-state index contributed by atoms with van der Waals surface area (Å²) < 4.78 is 11.6. The smallest absolute Gasteiger partial charge is 0.0741 e. The van der Waals surface area contributed by atoms with Crippen LogP contribution in [0.15, 0.2) is 0 Å². The molecule has 3 rings (SSSR count). The molecule has 1 aliphatic carbocycles. The second-order valence-corrected chi connectivity index (χ2v) is 6.34. The summed E-state index contributed by atoms with van der Waals surface area (Å²) in [6, 6.07) is 1.46. The molecule has 1 unspecified atom stereocenters. The van der Waals surface area contributed by atoms with Crippen molar-refractivity contribution in [2.24, 2.45) is 0 Å². The molecule has 2 heterocycles. The maximum Gasteiger partial charge on any atom is 0.0741 e. The van der Waals surface area contributed by atoms with Gasteiger partial charge in [0.15, 0.2) is 0 Å². The summed E-state index contributed by atoms with van der Waals surface area (Å²) >= 11 is 0. The van der Waals surface area contributed by atoms with Gasteiger partial charge in [-0.15, -0.1) is 0 Å². The fourth-order valence-corrected chi connectivity index (χ4v) is 3.86. The van der Waals surface area contributed by atoms with Crippen LogP contribution in [0.4, 0.5) is 0 Å². The van der Waals surface area contributed by atoms with Crippen molar-refractivity contribution in [1.29, 1.82) is 0 Å². The quantitative estimate of drug-likeness (QED) is 0.820. The molecule has 1 atom stereocenters. The summed E-state index contributed by atoms with van der Waals surface area (Å²) in [5.41, 5.74) is 0.142. The van der Waals surface area contributed by atoms with E-state index in [1.165, 1.54) is 44.9 Å².